The number of hydrogen-bond acceptors (Lipinski definition) is 14. The maximum absolute atomic E-state index is 8.43. The Bertz CT molecular complexity index is 1860. The van der Waals surface area contributed by atoms with Crippen LogP contribution in [0.15, 0.2) is 45.7 Å². The fourth-order valence-corrected chi connectivity index (χ4v) is 4.43. The predicted octanol–water partition coefficient (Wildman–Crippen LogP) is 4.21. The van der Waals surface area contributed by atoms with Gasteiger partial charge in [-0.15, -0.1) is 12.8 Å². The van der Waals surface area contributed by atoms with Gasteiger partial charge < -0.3 is 49.0 Å². The highest BCUT2D eigenvalue weighted by Gasteiger charge is 2.14. The molecule has 0 bridgehead atoms. The summed E-state index contributed by atoms with van der Waals surface area (Å²) in [6.45, 7) is 6.40. The van der Waals surface area contributed by atoms with E-state index in [1.165, 1.54) is 0 Å². The lowest BCUT2D eigenvalue weighted by molar-refractivity contribution is 0.188. The molecular weight excluding hydrogens is 644 g/mol. The topological polar surface area (TPSA) is 213 Å². The zero-order valence-electron chi connectivity index (χ0n) is 26.5. The van der Waals surface area contributed by atoms with Gasteiger partial charge in [0, 0.05) is 51.8 Å². The molecule has 16 nitrogen and oxygen atoms in total. The number of aryl methyl sites for hydroxylation is 2. The van der Waals surface area contributed by atoms with Crippen LogP contribution in [-0.4, -0.2) is 71.9 Å². The van der Waals surface area contributed by atoms with Crippen molar-refractivity contribution in [2.45, 2.75) is 47.6 Å². The summed E-state index contributed by atoms with van der Waals surface area (Å²) in [4.78, 5) is 16.4. The van der Waals surface area contributed by atoms with E-state index >= 15 is 0 Å². The van der Waals surface area contributed by atoms with Crippen LogP contribution in [0.25, 0.3) is 22.1 Å². The van der Waals surface area contributed by atoms with E-state index in [-0.39, 0.29) is 32.5 Å². The highest BCUT2D eigenvalue weighted by Crippen LogP contribution is 2.25. The third-order valence-corrected chi connectivity index (χ3v) is 6.39. The fraction of sp³-hybridized carbons (Fsp3) is 0.355. The average molecular weight is 685 g/mol. The number of methoxy groups -OCH3 is 2. The number of fused-ring (bicyclic) bond motifs is 2. The molecule has 0 atom stereocenters. The first kappa shape index (κ1) is 39.0. The third kappa shape index (κ3) is 10.7. The molecule has 0 aliphatic heterocycles. The summed E-state index contributed by atoms with van der Waals surface area (Å²) < 4.78 is 29.5. The van der Waals surface area contributed by atoms with Crippen molar-refractivity contribution < 1.29 is 28.4 Å². The zero-order valence-corrected chi connectivity index (χ0v) is 27.2. The lowest BCUT2D eigenvalue weighted by atomic mass is 10.4. The number of rotatable bonds is 10. The number of aliphatic hydroxyl groups excluding tert-OH is 1. The van der Waals surface area contributed by atoms with E-state index in [1.54, 1.807) is 27.2 Å². The molecule has 0 saturated carbocycles. The SMILES string of the molecule is C.C#C.COCCn1ccc2nc(N)nc(Cl)c21.COCCn1ccc2nc(N)nc(OCc3cc(C)on3)c21.Cc1cc(CO)no1. The Labute approximate surface area is 282 Å². The molecule has 258 valence electrons. The number of ether oxygens (including phenoxy) is 3. The summed E-state index contributed by atoms with van der Waals surface area (Å²) in [5.41, 5.74) is 15.6. The monoisotopic (exact) mass is 684 g/mol. The summed E-state index contributed by atoms with van der Waals surface area (Å²) in [6.07, 6.45) is 11.8. The first-order valence-corrected chi connectivity index (χ1v) is 14.4. The molecule has 0 aliphatic carbocycles. The van der Waals surface area contributed by atoms with Crippen molar-refractivity contribution in [3.63, 3.8) is 0 Å². The van der Waals surface area contributed by atoms with Gasteiger partial charge in [-0.25, -0.2) is 9.97 Å². The van der Waals surface area contributed by atoms with Crippen molar-refractivity contribution in [2.75, 3.05) is 38.9 Å². The minimum Gasteiger partial charge on any atom is -0.469 e. The highest BCUT2D eigenvalue weighted by molar-refractivity contribution is 6.33. The van der Waals surface area contributed by atoms with Crippen LogP contribution >= 0.6 is 11.6 Å². The van der Waals surface area contributed by atoms with Crippen LogP contribution in [0.5, 0.6) is 5.88 Å². The van der Waals surface area contributed by atoms with E-state index in [4.69, 9.17) is 46.9 Å². The van der Waals surface area contributed by atoms with Gasteiger partial charge in [-0.05, 0) is 26.0 Å². The van der Waals surface area contributed by atoms with Crippen LogP contribution in [-0.2, 0) is 35.8 Å². The van der Waals surface area contributed by atoms with Crippen LogP contribution in [0.3, 0.4) is 0 Å². The first-order chi connectivity index (χ1) is 22.7. The number of terminal acetylenes is 1. The van der Waals surface area contributed by atoms with Crippen molar-refractivity contribution >= 4 is 45.6 Å². The minimum atomic E-state index is -0.0443. The Balaban J connectivity index is 0.000000266. The number of nitrogens with zero attached hydrogens (tertiary/aromatic N) is 8. The highest BCUT2D eigenvalue weighted by atomic mass is 35.5. The molecule has 0 aliphatic rings. The van der Waals surface area contributed by atoms with Crippen molar-refractivity contribution in [3.05, 3.63) is 64.7 Å². The van der Waals surface area contributed by atoms with Gasteiger partial charge in [0.05, 0.1) is 30.9 Å². The van der Waals surface area contributed by atoms with E-state index in [0.717, 1.165) is 33.6 Å². The van der Waals surface area contributed by atoms with Crippen molar-refractivity contribution in [1.82, 2.24) is 39.4 Å². The van der Waals surface area contributed by atoms with Crippen LogP contribution in [0, 0.1) is 26.7 Å². The van der Waals surface area contributed by atoms with Crippen LogP contribution in [0.4, 0.5) is 11.9 Å². The molecule has 0 radical (unpaired) electrons. The lowest BCUT2D eigenvalue weighted by Gasteiger charge is -2.09. The molecule has 6 aromatic rings. The van der Waals surface area contributed by atoms with E-state index < -0.39 is 0 Å². The molecule has 5 N–H and O–H groups in total. The summed E-state index contributed by atoms with van der Waals surface area (Å²) in [5, 5.41) is 16.2. The van der Waals surface area contributed by atoms with E-state index in [1.807, 2.05) is 46.7 Å². The number of aromatic nitrogens is 8. The van der Waals surface area contributed by atoms with Gasteiger partial charge >= 0.3 is 0 Å². The van der Waals surface area contributed by atoms with Gasteiger partial charge in [0.2, 0.25) is 17.8 Å². The standard InChI is InChI=1S/C14H17N5O3.C9H11ClN4O.C5H7NO2.C2H2.CH4/c1-9-7-10(18-22-9)8-21-13-12-11(16-14(15)17-13)3-4-19(12)5-6-20-2;1-15-5-4-14-3-2-6-7(14)8(10)13-9(11)12-6;1-4-2-5(3-7)6-8-4;1-2;/h3-4,7H,5-6,8H2,1-2H3,(H2,15,16,17);2-3H,4-5H2,1H3,(H2,11,12,13);2,7H,3H2,1H3;1-2H;1H4. The Morgan fingerprint density at radius 2 is 1.31 bits per heavy atom. The summed E-state index contributed by atoms with van der Waals surface area (Å²) in [6, 6.07) is 7.23. The maximum Gasteiger partial charge on any atom is 0.243 e. The second-order valence-electron chi connectivity index (χ2n) is 9.54. The second-order valence-corrected chi connectivity index (χ2v) is 9.89. The molecule has 6 aromatic heterocycles. The quantitative estimate of drug-likeness (QED) is 0.136. The van der Waals surface area contributed by atoms with Crippen molar-refractivity contribution in [1.29, 1.82) is 0 Å². The fourth-order valence-electron chi connectivity index (χ4n) is 4.14. The Hall–Kier alpha value is -5.21. The first-order valence-electron chi connectivity index (χ1n) is 14.0. The molecule has 6 rings (SSSR count). The predicted molar refractivity (Wildman–Crippen MR) is 182 cm³/mol. The molecule has 0 aromatic carbocycles. The smallest absolute Gasteiger partial charge is 0.243 e. The Morgan fingerprint density at radius 3 is 1.79 bits per heavy atom. The van der Waals surface area contributed by atoms with Gasteiger partial charge in [0.15, 0.2) is 5.15 Å². The van der Waals surface area contributed by atoms with Gasteiger partial charge in [-0.2, -0.15) is 9.97 Å². The summed E-state index contributed by atoms with van der Waals surface area (Å²) in [5.74, 6) is 2.24. The number of hydrogen-bond donors (Lipinski definition) is 3. The molecule has 0 spiro atoms. The number of aliphatic hydroxyl groups is 1. The van der Waals surface area contributed by atoms with Crippen LogP contribution in [0.1, 0.15) is 30.3 Å². The maximum atomic E-state index is 8.43. The number of nitrogens with two attached hydrogens (primary N) is 2. The summed E-state index contributed by atoms with van der Waals surface area (Å²) >= 11 is 5.99. The normalized spacial score (nSPS) is 10.2. The Kier molecular flexibility index (Phi) is 15.8. The molecule has 6 heterocycles. The molecular formula is C31H41ClN10O6. The number of anilines is 2. The Morgan fingerprint density at radius 1 is 0.812 bits per heavy atom. The molecule has 0 unspecified atom stereocenters. The van der Waals surface area contributed by atoms with Gasteiger partial charge in [0.1, 0.15) is 40.5 Å². The molecule has 48 heavy (non-hydrogen) atoms. The van der Waals surface area contributed by atoms with E-state index in [9.17, 15) is 0 Å². The van der Waals surface area contributed by atoms with Crippen LogP contribution < -0.4 is 16.2 Å². The van der Waals surface area contributed by atoms with Crippen molar-refractivity contribution in [3.8, 4) is 18.7 Å². The van der Waals surface area contributed by atoms with Gasteiger partial charge in [0.25, 0.3) is 0 Å². The van der Waals surface area contributed by atoms with Gasteiger partial charge in [-0.3, -0.25) is 0 Å². The average Bonchev–Trinajstić information content (AvgIpc) is 3.86. The minimum absolute atomic E-state index is 0. The third-order valence-electron chi connectivity index (χ3n) is 6.13. The molecule has 0 saturated heterocycles. The van der Waals surface area contributed by atoms with Crippen molar-refractivity contribution in [2.24, 2.45) is 0 Å². The van der Waals surface area contributed by atoms with E-state index in [2.05, 4.69) is 47.6 Å². The molecule has 0 fully saturated rings. The lowest BCUT2D eigenvalue weighted by Crippen LogP contribution is -2.07. The zero-order chi connectivity index (χ0) is 34.3. The molecule has 17 heteroatoms. The van der Waals surface area contributed by atoms with Crippen LogP contribution in [0.2, 0.25) is 5.15 Å². The largest absolute Gasteiger partial charge is 0.469 e. The molecule has 0 amide bonds. The second kappa shape index (κ2) is 19.5. The summed E-state index contributed by atoms with van der Waals surface area (Å²) in [7, 11) is 3.31. The van der Waals surface area contributed by atoms with Gasteiger partial charge in [-0.1, -0.05) is 29.3 Å². The van der Waals surface area contributed by atoms with E-state index in [0.29, 0.717) is 48.7 Å². The number of nitrogen functional groups attached to an aromatic ring is 2. The number of halogens is 1.